The van der Waals surface area contributed by atoms with Crippen molar-refractivity contribution in [2.75, 3.05) is 0 Å². The summed E-state index contributed by atoms with van der Waals surface area (Å²) in [5.74, 6) is -1.67. The van der Waals surface area contributed by atoms with Gasteiger partial charge in [0.1, 0.15) is 5.15 Å². The Labute approximate surface area is 73.4 Å². The van der Waals surface area contributed by atoms with Gasteiger partial charge in [-0.15, -0.1) is 0 Å². The number of hydrogen-bond acceptors (Lipinski definition) is 2. The molecule has 3 nitrogen and oxygen atoms in total. The molecule has 0 aliphatic rings. The van der Waals surface area contributed by atoms with Gasteiger partial charge in [-0.1, -0.05) is 11.6 Å². The van der Waals surface area contributed by atoms with E-state index in [-0.39, 0.29) is 5.15 Å². The molecule has 0 aromatic carbocycles. The standard InChI is InChI=1S/C7H6ClFN2O/c1-3-2-4(9)5(7(10)12)11-6(3)8/h2H,1H3,(H2,10,12). The predicted octanol–water partition coefficient (Wildman–Crippen LogP) is 1.28. The van der Waals surface area contributed by atoms with E-state index < -0.39 is 17.4 Å². The smallest absolute Gasteiger partial charge is 0.270 e. The first-order valence-corrected chi connectivity index (χ1v) is 3.52. The molecule has 0 spiro atoms. The van der Waals surface area contributed by atoms with Gasteiger partial charge in [-0.2, -0.15) is 0 Å². The second-order valence-corrected chi connectivity index (χ2v) is 2.65. The van der Waals surface area contributed by atoms with E-state index in [2.05, 4.69) is 4.98 Å². The summed E-state index contributed by atoms with van der Waals surface area (Å²) in [7, 11) is 0. The number of aryl methyl sites for hydroxylation is 1. The molecule has 1 aromatic heterocycles. The van der Waals surface area contributed by atoms with Crippen LogP contribution in [0.2, 0.25) is 5.15 Å². The van der Waals surface area contributed by atoms with Crippen LogP contribution < -0.4 is 5.73 Å². The number of nitrogens with two attached hydrogens (primary N) is 1. The summed E-state index contributed by atoms with van der Waals surface area (Å²) in [6, 6.07) is 1.12. The van der Waals surface area contributed by atoms with Crippen LogP contribution in [0, 0.1) is 12.7 Å². The van der Waals surface area contributed by atoms with E-state index in [1.54, 1.807) is 6.92 Å². The molecule has 2 N–H and O–H groups in total. The molecule has 64 valence electrons. The molecule has 1 aromatic rings. The summed E-state index contributed by atoms with van der Waals surface area (Å²) in [6.45, 7) is 1.59. The molecule has 5 heteroatoms. The molecule has 0 fully saturated rings. The largest absolute Gasteiger partial charge is 0.364 e. The molecule has 12 heavy (non-hydrogen) atoms. The van der Waals surface area contributed by atoms with Crippen molar-refractivity contribution in [1.29, 1.82) is 0 Å². The van der Waals surface area contributed by atoms with E-state index in [4.69, 9.17) is 17.3 Å². The number of aromatic nitrogens is 1. The molecule has 0 saturated heterocycles. The Morgan fingerprint density at radius 1 is 1.75 bits per heavy atom. The maximum absolute atomic E-state index is 12.9. The first kappa shape index (κ1) is 8.93. The molecule has 0 bridgehead atoms. The van der Waals surface area contributed by atoms with Gasteiger partial charge in [-0.25, -0.2) is 9.37 Å². The van der Waals surface area contributed by atoms with Crippen molar-refractivity contribution < 1.29 is 9.18 Å². The number of nitrogens with zero attached hydrogens (tertiary/aromatic N) is 1. The lowest BCUT2D eigenvalue weighted by Gasteiger charge is -2.00. The second kappa shape index (κ2) is 3.06. The van der Waals surface area contributed by atoms with Gasteiger partial charge in [-0.3, -0.25) is 4.79 Å². The van der Waals surface area contributed by atoms with Crippen molar-refractivity contribution in [3.63, 3.8) is 0 Å². The van der Waals surface area contributed by atoms with Gasteiger partial charge < -0.3 is 5.73 Å². The van der Waals surface area contributed by atoms with Crippen molar-refractivity contribution >= 4 is 17.5 Å². The highest BCUT2D eigenvalue weighted by atomic mass is 35.5. The van der Waals surface area contributed by atoms with Gasteiger partial charge >= 0.3 is 0 Å². The summed E-state index contributed by atoms with van der Waals surface area (Å²) < 4.78 is 12.9. The Morgan fingerprint density at radius 2 is 2.33 bits per heavy atom. The third-order valence-electron chi connectivity index (χ3n) is 1.34. The summed E-state index contributed by atoms with van der Waals surface area (Å²) in [5.41, 5.74) is 4.88. The van der Waals surface area contributed by atoms with Crippen LogP contribution in [0.15, 0.2) is 6.07 Å². The normalized spacial score (nSPS) is 9.92. The predicted molar refractivity (Wildman–Crippen MR) is 42.5 cm³/mol. The molecule has 0 atom stereocenters. The lowest BCUT2D eigenvalue weighted by molar-refractivity contribution is 0.0991. The number of hydrogen-bond donors (Lipinski definition) is 1. The van der Waals surface area contributed by atoms with Crippen LogP contribution in [0.3, 0.4) is 0 Å². The molecule has 0 aliphatic heterocycles. The molecule has 0 radical (unpaired) electrons. The quantitative estimate of drug-likeness (QED) is 0.675. The van der Waals surface area contributed by atoms with Crippen LogP contribution in [0.25, 0.3) is 0 Å². The second-order valence-electron chi connectivity index (χ2n) is 2.29. The van der Waals surface area contributed by atoms with Crippen LogP contribution in [0.1, 0.15) is 16.1 Å². The van der Waals surface area contributed by atoms with Gasteiger partial charge in [0, 0.05) is 0 Å². The Kier molecular flexibility index (Phi) is 2.28. The SMILES string of the molecule is Cc1cc(F)c(C(N)=O)nc1Cl. The molecule has 1 rings (SSSR count). The molecule has 0 unspecified atom stereocenters. The molecule has 1 amide bonds. The van der Waals surface area contributed by atoms with Crippen molar-refractivity contribution in [2.45, 2.75) is 6.92 Å². The fourth-order valence-corrected chi connectivity index (χ4v) is 0.870. The first-order chi connectivity index (χ1) is 5.52. The van der Waals surface area contributed by atoms with Crippen molar-refractivity contribution in [3.8, 4) is 0 Å². The number of amides is 1. The summed E-state index contributed by atoms with van der Waals surface area (Å²) in [6.07, 6.45) is 0. The van der Waals surface area contributed by atoms with E-state index in [1.807, 2.05) is 0 Å². The molecule has 0 saturated carbocycles. The maximum atomic E-state index is 12.9. The Bertz CT molecular complexity index is 340. The fourth-order valence-electron chi connectivity index (χ4n) is 0.731. The van der Waals surface area contributed by atoms with Gasteiger partial charge in [0.15, 0.2) is 11.5 Å². The zero-order valence-corrected chi connectivity index (χ0v) is 7.02. The average molecular weight is 189 g/mol. The van der Waals surface area contributed by atoms with Crippen LogP contribution in [-0.4, -0.2) is 10.9 Å². The fraction of sp³-hybridized carbons (Fsp3) is 0.143. The highest BCUT2D eigenvalue weighted by molar-refractivity contribution is 6.30. The van der Waals surface area contributed by atoms with Gasteiger partial charge in [0.2, 0.25) is 0 Å². The monoisotopic (exact) mass is 188 g/mol. The molecular weight excluding hydrogens is 183 g/mol. The summed E-state index contributed by atoms with van der Waals surface area (Å²) in [5, 5.41) is 0.0881. The molecule has 1 heterocycles. The van der Waals surface area contributed by atoms with E-state index in [1.165, 1.54) is 0 Å². The first-order valence-electron chi connectivity index (χ1n) is 3.15. The summed E-state index contributed by atoms with van der Waals surface area (Å²) >= 11 is 5.54. The van der Waals surface area contributed by atoms with Gasteiger partial charge in [0.25, 0.3) is 5.91 Å². The summed E-state index contributed by atoms with van der Waals surface area (Å²) in [4.78, 5) is 14.0. The lowest BCUT2D eigenvalue weighted by Crippen LogP contribution is -2.15. The Morgan fingerprint density at radius 3 is 2.83 bits per heavy atom. The molecular formula is C7H6ClFN2O. The average Bonchev–Trinajstić information content (AvgIpc) is 1.96. The third-order valence-corrected chi connectivity index (χ3v) is 1.72. The number of carbonyl (C=O) groups excluding carboxylic acids is 1. The van der Waals surface area contributed by atoms with Crippen LogP contribution in [-0.2, 0) is 0 Å². The van der Waals surface area contributed by atoms with E-state index in [0.717, 1.165) is 6.07 Å². The Balaban J connectivity index is 3.33. The highest BCUT2D eigenvalue weighted by Gasteiger charge is 2.12. The highest BCUT2D eigenvalue weighted by Crippen LogP contribution is 2.15. The third kappa shape index (κ3) is 1.53. The van der Waals surface area contributed by atoms with Crippen molar-refractivity contribution in [2.24, 2.45) is 5.73 Å². The van der Waals surface area contributed by atoms with Gasteiger partial charge in [0.05, 0.1) is 0 Å². The Hall–Kier alpha value is -1.16. The number of halogens is 2. The molecule has 0 aliphatic carbocycles. The minimum Gasteiger partial charge on any atom is -0.364 e. The lowest BCUT2D eigenvalue weighted by atomic mass is 10.2. The minimum absolute atomic E-state index is 0.0881. The van der Waals surface area contributed by atoms with Crippen LogP contribution in [0.5, 0.6) is 0 Å². The number of primary amides is 1. The number of pyridine rings is 1. The zero-order valence-electron chi connectivity index (χ0n) is 6.27. The number of carbonyl (C=O) groups is 1. The zero-order chi connectivity index (χ0) is 9.30. The van der Waals surface area contributed by atoms with Crippen LogP contribution in [0.4, 0.5) is 4.39 Å². The van der Waals surface area contributed by atoms with Crippen LogP contribution >= 0.6 is 11.6 Å². The minimum atomic E-state index is -0.922. The van der Waals surface area contributed by atoms with Crippen molar-refractivity contribution in [1.82, 2.24) is 4.98 Å². The van der Waals surface area contributed by atoms with Gasteiger partial charge in [-0.05, 0) is 18.6 Å². The topological polar surface area (TPSA) is 56.0 Å². The van der Waals surface area contributed by atoms with E-state index >= 15 is 0 Å². The van der Waals surface area contributed by atoms with E-state index in [9.17, 15) is 9.18 Å². The van der Waals surface area contributed by atoms with E-state index in [0.29, 0.717) is 5.56 Å². The maximum Gasteiger partial charge on any atom is 0.270 e. The van der Waals surface area contributed by atoms with Crippen molar-refractivity contribution in [3.05, 3.63) is 28.3 Å². The number of rotatable bonds is 1.